The maximum absolute atomic E-state index is 9.36. The molecule has 0 aliphatic carbocycles. The maximum atomic E-state index is 9.36. The van der Waals surface area contributed by atoms with Gasteiger partial charge in [0.15, 0.2) is 0 Å². The fraction of sp³-hybridized carbons (Fsp3) is 0.200. The van der Waals surface area contributed by atoms with Gasteiger partial charge >= 0.3 is 7.12 Å². The van der Waals surface area contributed by atoms with E-state index in [9.17, 15) is 10.0 Å². The molecule has 0 fully saturated rings. The summed E-state index contributed by atoms with van der Waals surface area (Å²) in [5.74, 6) is 1.01. The lowest BCUT2D eigenvalue weighted by Crippen LogP contribution is -2.31. The van der Waals surface area contributed by atoms with Crippen LogP contribution in [0.3, 0.4) is 0 Å². The smallest absolute Gasteiger partial charge is 0.492 e. The average Bonchev–Trinajstić information content (AvgIpc) is 2.48. The number of benzene rings is 2. The second-order valence-corrected chi connectivity index (χ2v) is 4.36. The topological polar surface area (TPSA) is 58.9 Å². The molecule has 2 rings (SSSR count). The number of ether oxygens (including phenoxy) is 2. The van der Waals surface area contributed by atoms with Crippen molar-refractivity contribution in [1.82, 2.24) is 0 Å². The van der Waals surface area contributed by atoms with Gasteiger partial charge in [-0.2, -0.15) is 0 Å². The third kappa shape index (κ3) is 3.76. The zero-order chi connectivity index (χ0) is 14.4. The minimum atomic E-state index is -1.59. The molecule has 0 radical (unpaired) electrons. The van der Waals surface area contributed by atoms with E-state index >= 15 is 0 Å². The van der Waals surface area contributed by atoms with Crippen LogP contribution in [-0.2, 0) is 6.42 Å². The van der Waals surface area contributed by atoms with E-state index in [0.29, 0.717) is 23.6 Å². The summed E-state index contributed by atoms with van der Waals surface area (Å²) in [6.07, 6.45) is 0.758. The van der Waals surface area contributed by atoms with Crippen LogP contribution in [0.1, 0.15) is 5.56 Å². The van der Waals surface area contributed by atoms with E-state index in [4.69, 9.17) is 9.47 Å². The molecule has 0 heterocycles. The molecule has 4 nitrogen and oxygen atoms in total. The van der Waals surface area contributed by atoms with E-state index in [1.54, 1.807) is 18.2 Å². The van der Waals surface area contributed by atoms with Crippen LogP contribution in [0, 0.1) is 0 Å². The Kier molecular flexibility index (Phi) is 5.04. The largest absolute Gasteiger partial charge is 0.497 e. The molecule has 2 aromatic carbocycles. The van der Waals surface area contributed by atoms with Crippen molar-refractivity contribution in [2.45, 2.75) is 6.42 Å². The molecule has 104 valence electrons. The molecule has 20 heavy (non-hydrogen) atoms. The molecule has 0 unspecified atom stereocenters. The lowest BCUT2D eigenvalue weighted by molar-refractivity contribution is 0.321. The molecule has 2 aromatic rings. The van der Waals surface area contributed by atoms with Crippen LogP contribution in [0.15, 0.2) is 48.5 Å². The van der Waals surface area contributed by atoms with Gasteiger partial charge in [-0.15, -0.1) is 0 Å². The van der Waals surface area contributed by atoms with Crippen molar-refractivity contribution in [2.24, 2.45) is 0 Å². The monoisotopic (exact) mass is 272 g/mol. The summed E-state index contributed by atoms with van der Waals surface area (Å²) in [4.78, 5) is 0. The zero-order valence-corrected chi connectivity index (χ0v) is 11.3. The van der Waals surface area contributed by atoms with Crippen molar-refractivity contribution < 1.29 is 19.5 Å². The predicted octanol–water partition coefficient (Wildman–Crippen LogP) is 0.996. The van der Waals surface area contributed by atoms with Crippen LogP contribution in [0.4, 0.5) is 0 Å². The van der Waals surface area contributed by atoms with Gasteiger partial charge in [-0.25, -0.2) is 0 Å². The molecule has 0 aromatic heterocycles. The number of methoxy groups -OCH3 is 1. The molecule has 0 aliphatic rings. The molecular formula is C15H17BO4. The fourth-order valence-corrected chi connectivity index (χ4v) is 1.91. The fourth-order valence-electron chi connectivity index (χ4n) is 1.91. The summed E-state index contributed by atoms with van der Waals surface area (Å²) in [6.45, 7) is 0.468. The first-order chi connectivity index (χ1) is 9.70. The molecule has 2 N–H and O–H groups in total. The molecule has 0 saturated carbocycles. The Morgan fingerprint density at radius 1 is 1.05 bits per heavy atom. The van der Waals surface area contributed by atoms with Crippen molar-refractivity contribution in [2.75, 3.05) is 13.7 Å². The second-order valence-electron chi connectivity index (χ2n) is 4.36. The second kappa shape index (κ2) is 6.98. The highest BCUT2D eigenvalue weighted by Gasteiger charge is 2.18. The lowest BCUT2D eigenvalue weighted by atomic mass is 9.79. The van der Waals surface area contributed by atoms with Crippen molar-refractivity contribution in [3.63, 3.8) is 0 Å². The number of hydrogen-bond acceptors (Lipinski definition) is 4. The first kappa shape index (κ1) is 14.4. The molecule has 5 heteroatoms. The summed E-state index contributed by atoms with van der Waals surface area (Å²) in [6, 6.07) is 14.9. The molecule has 0 saturated heterocycles. The highest BCUT2D eigenvalue weighted by molar-refractivity contribution is 6.59. The SMILES string of the molecule is COc1ccc(OCCc2ccccc2)c(B(O)O)c1. The molecule has 0 aliphatic heterocycles. The Bertz CT molecular complexity index is 543. The molecule has 0 bridgehead atoms. The van der Waals surface area contributed by atoms with Crippen LogP contribution >= 0.6 is 0 Å². The van der Waals surface area contributed by atoms with Gasteiger partial charge in [0.2, 0.25) is 0 Å². The summed E-state index contributed by atoms with van der Waals surface area (Å²) in [5.41, 5.74) is 1.48. The normalized spacial score (nSPS) is 10.2. The summed E-state index contributed by atoms with van der Waals surface area (Å²) >= 11 is 0. The van der Waals surface area contributed by atoms with Crippen molar-refractivity contribution in [1.29, 1.82) is 0 Å². The summed E-state index contributed by atoms with van der Waals surface area (Å²) in [5, 5.41) is 18.7. The van der Waals surface area contributed by atoms with E-state index in [1.807, 2.05) is 30.3 Å². The quantitative estimate of drug-likeness (QED) is 0.770. The molecule has 0 amide bonds. The predicted molar refractivity (Wildman–Crippen MR) is 78.5 cm³/mol. The first-order valence-corrected chi connectivity index (χ1v) is 6.41. The summed E-state index contributed by atoms with van der Waals surface area (Å²) < 4.78 is 10.7. The van der Waals surface area contributed by atoms with Crippen LogP contribution in [-0.4, -0.2) is 30.9 Å². The number of rotatable bonds is 6. The van der Waals surface area contributed by atoms with E-state index < -0.39 is 7.12 Å². The highest BCUT2D eigenvalue weighted by Crippen LogP contribution is 2.16. The standard InChI is InChI=1S/C15H17BO4/c1-19-13-7-8-15(14(11-13)16(17)18)20-10-9-12-5-3-2-4-6-12/h2-8,11,17-18H,9-10H2,1H3. The maximum Gasteiger partial charge on any atom is 0.492 e. The van der Waals surface area contributed by atoms with Crippen LogP contribution in [0.2, 0.25) is 0 Å². The van der Waals surface area contributed by atoms with E-state index in [1.165, 1.54) is 12.7 Å². The zero-order valence-electron chi connectivity index (χ0n) is 11.3. The minimum absolute atomic E-state index is 0.303. The van der Waals surface area contributed by atoms with Gasteiger partial charge < -0.3 is 19.5 Å². The van der Waals surface area contributed by atoms with Crippen molar-refractivity contribution >= 4 is 12.6 Å². The van der Waals surface area contributed by atoms with Gasteiger partial charge in [0.1, 0.15) is 11.5 Å². The third-order valence-electron chi connectivity index (χ3n) is 2.99. The van der Waals surface area contributed by atoms with Gasteiger partial charge in [0.05, 0.1) is 13.7 Å². The Hall–Kier alpha value is -1.98. The van der Waals surface area contributed by atoms with E-state index in [2.05, 4.69) is 0 Å². The Morgan fingerprint density at radius 3 is 2.45 bits per heavy atom. The van der Waals surface area contributed by atoms with Crippen molar-refractivity contribution in [3.8, 4) is 11.5 Å². The van der Waals surface area contributed by atoms with Crippen LogP contribution in [0.25, 0.3) is 0 Å². The molecule has 0 atom stereocenters. The molecule has 0 spiro atoms. The first-order valence-electron chi connectivity index (χ1n) is 6.41. The number of hydrogen-bond donors (Lipinski definition) is 2. The van der Waals surface area contributed by atoms with Crippen LogP contribution < -0.4 is 14.9 Å². The highest BCUT2D eigenvalue weighted by atomic mass is 16.5. The van der Waals surface area contributed by atoms with Crippen LogP contribution in [0.5, 0.6) is 11.5 Å². The Balaban J connectivity index is 2.02. The van der Waals surface area contributed by atoms with E-state index in [0.717, 1.165) is 6.42 Å². The van der Waals surface area contributed by atoms with E-state index in [-0.39, 0.29) is 0 Å². The Morgan fingerprint density at radius 2 is 1.80 bits per heavy atom. The van der Waals surface area contributed by atoms with Gasteiger partial charge in [0, 0.05) is 11.9 Å². The molecular weight excluding hydrogens is 255 g/mol. The van der Waals surface area contributed by atoms with Gasteiger partial charge in [-0.1, -0.05) is 30.3 Å². The third-order valence-corrected chi connectivity index (χ3v) is 2.99. The minimum Gasteiger partial charge on any atom is -0.497 e. The average molecular weight is 272 g/mol. The van der Waals surface area contributed by atoms with Crippen molar-refractivity contribution in [3.05, 3.63) is 54.1 Å². The van der Waals surface area contributed by atoms with Gasteiger partial charge in [-0.3, -0.25) is 0 Å². The van der Waals surface area contributed by atoms with Gasteiger partial charge in [-0.05, 0) is 23.8 Å². The Labute approximate surface area is 118 Å². The lowest BCUT2D eigenvalue weighted by Gasteiger charge is -2.12. The summed E-state index contributed by atoms with van der Waals surface area (Å²) in [7, 11) is -0.0597. The van der Waals surface area contributed by atoms with Gasteiger partial charge in [0.25, 0.3) is 0 Å².